The number of aryl methyl sites for hydroxylation is 2. The van der Waals surface area contributed by atoms with Crippen LogP contribution in [0.2, 0.25) is 0 Å². The maximum absolute atomic E-state index is 12.7. The largest absolute Gasteiger partial charge is 0.344 e. The molecule has 0 spiro atoms. The predicted octanol–water partition coefficient (Wildman–Crippen LogP) is 2.53. The van der Waals surface area contributed by atoms with E-state index in [-0.39, 0.29) is 29.2 Å². The van der Waals surface area contributed by atoms with E-state index in [2.05, 4.69) is 20.4 Å². The Morgan fingerprint density at radius 1 is 1.27 bits per heavy atom. The highest BCUT2D eigenvalue weighted by molar-refractivity contribution is 7.89. The molecule has 0 bridgehead atoms. The smallest absolute Gasteiger partial charge is 0.249 e. The predicted molar refractivity (Wildman–Crippen MR) is 122 cm³/mol. The second-order valence-electron chi connectivity index (χ2n) is 9.08. The SMILES string of the molecule is CC(C)C(NC(=O)CCc1nc2cc(S(=O)(=O)N(C)C)ccc2n1C)c1nc(C2CC2)no1. The fourth-order valence-corrected chi connectivity index (χ4v) is 4.61. The van der Waals surface area contributed by atoms with E-state index in [9.17, 15) is 13.2 Å². The number of carbonyl (C=O) groups excluding carboxylic acids is 1. The van der Waals surface area contributed by atoms with Crippen molar-refractivity contribution in [2.45, 2.75) is 56.4 Å². The number of sulfonamides is 1. The molecule has 0 aliphatic heterocycles. The first kappa shape index (κ1) is 23.4. The van der Waals surface area contributed by atoms with Gasteiger partial charge in [-0.2, -0.15) is 4.98 Å². The summed E-state index contributed by atoms with van der Waals surface area (Å²) in [4.78, 5) is 22.0. The third-order valence-corrected chi connectivity index (χ3v) is 7.76. The van der Waals surface area contributed by atoms with Crippen LogP contribution in [0.1, 0.15) is 62.6 Å². The van der Waals surface area contributed by atoms with E-state index in [0.29, 0.717) is 29.6 Å². The molecule has 1 aromatic carbocycles. The second-order valence-corrected chi connectivity index (χ2v) is 11.2. The van der Waals surface area contributed by atoms with Crippen LogP contribution >= 0.6 is 0 Å². The van der Waals surface area contributed by atoms with Gasteiger partial charge in [-0.3, -0.25) is 4.79 Å². The quantitative estimate of drug-likeness (QED) is 0.505. The summed E-state index contributed by atoms with van der Waals surface area (Å²) in [5, 5.41) is 7.07. The average Bonchev–Trinajstić information content (AvgIpc) is 3.42. The molecular formula is C22H30N6O4S. The fraction of sp³-hybridized carbons (Fsp3) is 0.545. The minimum absolute atomic E-state index is 0.0919. The van der Waals surface area contributed by atoms with Gasteiger partial charge in [0.1, 0.15) is 11.9 Å². The Kier molecular flexibility index (Phi) is 6.28. The number of imidazole rings is 1. The van der Waals surface area contributed by atoms with Crippen LogP contribution in [-0.2, 0) is 28.3 Å². The maximum Gasteiger partial charge on any atom is 0.249 e. The number of carbonyl (C=O) groups is 1. The molecule has 4 rings (SSSR count). The van der Waals surface area contributed by atoms with Crippen molar-refractivity contribution in [1.29, 1.82) is 0 Å². The van der Waals surface area contributed by atoms with Crippen LogP contribution in [0.5, 0.6) is 0 Å². The minimum Gasteiger partial charge on any atom is -0.344 e. The monoisotopic (exact) mass is 474 g/mol. The number of aromatic nitrogens is 4. The number of hydrogen-bond donors (Lipinski definition) is 1. The topological polar surface area (TPSA) is 123 Å². The summed E-state index contributed by atoms with van der Waals surface area (Å²) >= 11 is 0. The normalized spacial score (nSPS) is 15.5. The van der Waals surface area contributed by atoms with Crippen molar-refractivity contribution < 1.29 is 17.7 Å². The van der Waals surface area contributed by atoms with Gasteiger partial charge in [-0.25, -0.2) is 17.7 Å². The molecule has 2 aromatic heterocycles. The van der Waals surface area contributed by atoms with E-state index < -0.39 is 10.0 Å². The zero-order valence-electron chi connectivity index (χ0n) is 19.6. The highest BCUT2D eigenvalue weighted by Gasteiger charge is 2.31. The third kappa shape index (κ3) is 4.79. The van der Waals surface area contributed by atoms with Gasteiger partial charge in [0, 0.05) is 39.9 Å². The van der Waals surface area contributed by atoms with E-state index in [1.54, 1.807) is 18.2 Å². The summed E-state index contributed by atoms with van der Waals surface area (Å²) in [6.07, 6.45) is 2.80. The van der Waals surface area contributed by atoms with Crippen LogP contribution in [-0.4, -0.2) is 52.4 Å². The van der Waals surface area contributed by atoms with Gasteiger partial charge < -0.3 is 14.4 Å². The van der Waals surface area contributed by atoms with Gasteiger partial charge in [0.25, 0.3) is 0 Å². The lowest BCUT2D eigenvalue weighted by atomic mass is 10.0. The zero-order valence-corrected chi connectivity index (χ0v) is 20.4. The summed E-state index contributed by atoms with van der Waals surface area (Å²) in [7, 11) is 1.30. The number of rotatable bonds is 9. The Hall–Kier alpha value is -2.79. The lowest BCUT2D eigenvalue weighted by molar-refractivity contribution is -0.122. The standard InChI is InChI=1S/C22H30N6O4S/c1-13(2)20(22-25-21(26-32-22)14-6-7-14)24-19(29)11-10-18-23-16-12-15(33(30,31)27(3)4)8-9-17(16)28(18)5/h8-9,12-14,20H,6-7,10-11H2,1-5H3,(H,24,29). The van der Waals surface area contributed by atoms with Crippen molar-refractivity contribution in [3.8, 4) is 0 Å². The Balaban J connectivity index is 1.45. The van der Waals surface area contributed by atoms with Gasteiger partial charge in [0.2, 0.25) is 21.8 Å². The van der Waals surface area contributed by atoms with E-state index in [4.69, 9.17) is 4.52 Å². The first-order valence-corrected chi connectivity index (χ1v) is 12.5. The zero-order chi connectivity index (χ0) is 23.9. The summed E-state index contributed by atoms with van der Waals surface area (Å²) in [6, 6.07) is 4.53. The number of amides is 1. The number of nitrogens with zero attached hydrogens (tertiary/aromatic N) is 5. The second kappa shape index (κ2) is 8.86. The molecule has 11 heteroatoms. The molecule has 1 N–H and O–H groups in total. The van der Waals surface area contributed by atoms with E-state index >= 15 is 0 Å². The molecule has 0 radical (unpaired) electrons. The highest BCUT2D eigenvalue weighted by atomic mass is 32.2. The first-order chi connectivity index (χ1) is 15.6. The van der Waals surface area contributed by atoms with Crippen molar-refractivity contribution in [2.75, 3.05) is 14.1 Å². The lowest BCUT2D eigenvalue weighted by Gasteiger charge is -2.18. The molecule has 1 aliphatic rings. The van der Waals surface area contributed by atoms with Crippen LogP contribution in [0, 0.1) is 5.92 Å². The average molecular weight is 475 g/mol. The van der Waals surface area contributed by atoms with Gasteiger partial charge in [0.05, 0.1) is 15.9 Å². The van der Waals surface area contributed by atoms with Crippen LogP contribution in [0.25, 0.3) is 11.0 Å². The molecule has 1 fully saturated rings. The Morgan fingerprint density at radius 2 is 2.00 bits per heavy atom. The van der Waals surface area contributed by atoms with E-state index in [1.807, 2.05) is 25.5 Å². The Bertz CT molecular complexity index is 1270. The van der Waals surface area contributed by atoms with Crippen LogP contribution in [0.3, 0.4) is 0 Å². The van der Waals surface area contributed by atoms with Crippen molar-refractivity contribution in [3.63, 3.8) is 0 Å². The molecule has 1 aliphatic carbocycles. The van der Waals surface area contributed by atoms with Crippen LogP contribution in [0.15, 0.2) is 27.6 Å². The molecule has 1 atom stereocenters. The summed E-state index contributed by atoms with van der Waals surface area (Å²) in [6.45, 7) is 3.99. The summed E-state index contributed by atoms with van der Waals surface area (Å²) in [5.74, 6) is 2.21. The molecular weight excluding hydrogens is 444 g/mol. The minimum atomic E-state index is -3.55. The first-order valence-electron chi connectivity index (χ1n) is 11.1. The highest BCUT2D eigenvalue weighted by Crippen LogP contribution is 2.38. The number of nitrogens with one attached hydrogen (secondary N) is 1. The van der Waals surface area contributed by atoms with Crippen LogP contribution < -0.4 is 5.32 Å². The molecule has 1 saturated carbocycles. The molecule has 0 saturated heterocycles. The van der Waals surface area contributed by atoms with Gasteiger partial charge in [-0.15, -0.1) is 0 Å². The van der Waals surface area contributed by atoms with Crippen molar-refractivity contribution in [2.24, 2.45) is 13.0 Å². The Morgan fingerprint density at radius 3 is 2.64 bits per heavy atom. The molecule has 3 aromatic rings. The van der Waals surface area contributed by atoms with Gasteiger partial charge in [0.15, 0.2) is 5.82 Å². The number of benzene rings is 1. The number of fused-ring (bicyclic) bond motifs is 1. The Labute approximate surface area is 193 Å². The third-order valence-electron chi connectivity index (χ3n) is 5.95. The number of hydrogen-bond acceptors (Lipinski definition) is 7. The van der Waals surface area contributed by atoms with Crippen molar-refractivity contribution >= 4 is 27.0 Å². The van der Waals surface area contributed by atoms with Crippen molar-refractivity contribution in [3.05, 3.63) is 35.7 Å². The lowest BCUT2D eigenvalue weighted by Crippen LogP contribution is -2.32. The van der Waals surface area contributed by atoms with E-state index in [1.165, 1.54) is 18.4 Å². The molecule has 1 amide bonds. The van der Waals surface area contributed by atoms with Crippen LogP contribution in [0.4, 0.5) is 0 Å². The fourth-order valence-electron chi connectivity index (χ4n) is 3.69. The molecule has 10 nitrogen and oxygen atoms in total. The van der Waals surface area contributed by atoms with Gasteiger partial charge >= 0.3 is 0 Å². The van der Waals surface area contributed by atoms with Gasteiger partial charge in [-0.05, 0) is 37.0 Å². The maximum atomic E-state index is 12.7. The van der Waals surface area contributed by atoms with Gasteiger partial charge in [-0.1, -0.05) is 19.0 Å². The summed E-state index contributed by atoms with van der Waals surface area (Å²) in [5.41, 5.74) is 1.39. The van der Waals surface area contributed by atoms with E-state index in [0.717, 1.165) is 24.2 Å². The molecule has 1 unspecified atom stereocenters. The summed E-state index contributed by atoms with van der Waals surface area (Å²) < 4.78 is 33.3. The molecule has 33 heavy (non-hydrogen) atoms. The van der Waals surface area contributed by atoms with Crippen molar-refractivity contribution in [1.82, 2.24) is 29.3 Å². The molecule has 178 valence electrons. The molecule has 2 heterocycles.